The minimum absolute atomic E-state index is 0.0422. The maximum Gasteiger partial charge on any atom is 0.251 e. The highest BCUT2D eigenvalue weighted by atomic mass is 127. The second kappa shape index (κ2) is 8.01. The molecule has 2 aromatic carbocycles. The van der Waals surface area contributed by atoms with Crippen molar-refractivity contribution in [3.63, 3.8) is 0 Å². The lowest BCUT2D eigenvalue weighted by molar-refractivity contribution is 0.0930. The number of carbonyl (C=O) groups is 1. The van der Waals surface area contributed by atoms with Crippen LogP contribution < -0.4 is 10.1 Å². The molecule has 0 saturated carbocycles. The first-order chi connectivity index (χ1) is 11.3. The van der Waals surface area contributed by atoms with E-state index >= 15 is 0 Å². The van der Waals surface area contributed by atoms with E-state index in [4.69, 9.17) is 4.74 Å². The van der Waals surface area contributed by atoms with E-state index in [0.29, 0.717) is 6.54 Å². The van der Waals surface area contributed by atoms with Crippen molar-refractivity contribution in [2.45, 2.75) is 40.7 Å². The number of ether oxygens (including phenoxy) is 1. The zero-order valence-electron chi connectivity index (χ0n) is 14.9. The van der Waals surface area contributed by atoms with Gasteiger partial charge in [0.05, 0.1) is 10.1 Å². The van der Waals surface area contributed by atoms with Gasteiger partial charge in [0.2, 0.25) is 0 Å². The van der Waals surface area contributed by atoms with Crippen LogP contribution >= 0.6 is 22.6 Å². The Labute approximate surface area is 157 Å². The molecule has 3 nitrogen and oxygen atoms in total. The summed E-state index contributed by atoms with van der Waals surface area (Å²) >= 11 is 2.29. The Kier molecular flexibility index (Phi) is 6.27. The maximum absolute atomic E-state index is 12.5. The molecule has 0 heterocycles. The Balaban J connectivity index is 2.00. The third-order valence-corrected chi connectivity index (χ3v) is 5.32. The third kappa shape index (κ3) is 4.50. The Morgan fingerprint density at radius 1 is 1.12 bits per heavy atom. The second-order valence-electron chi connectivity index (χ2n) is 6.30. The quantitative estimate of drug-likeness (QED) is 0.688. The van der Waals surface area contributed by atoms with E-state index in [0.717, 1.165) is 26.0 Å². The molecule has 2 rings (SSSR count). The van der Waals surface area contributed by atoms with Gasteiger partial charge in [0.15, 0.2) is 0 Å². The molecule has 4 heteroatoms. The molecule has 0 radical (unpaired) electrons. The van der Waals surface area contributed by atoms with Gasteiger partial charge in [-0.15, -0.1) is 0 Å². The minimum Gasteiger partial charge on any atom is -0.488 e. The number of amides is 1. The molecule has 0 spiro atoms. The first-order valence-corrected chi connectivity index (χ1v) is 9.15. The van der Waals surface area contributed by atoms with Gasteiger partial charge >= 0.3 is 0 Å². The molecule has 0 saturated heterocycles. The van der Waals surface area contributed by atoms with Crippen LogP contribution in [0, 0.1) is 31.3 Å². The number of carbonyl (C=O) groups excluding carboxylic acids is 1. The molecule has 0 bridgehead atoms. The molecular formula is C20H24INO2. The summed E-state index contributed by atoms with van der Waals surface area (Å²) < 4.78 is 7.08. The summed E-state index contributed by atoms with van der Waals surface area (Å²) in [4.78, 5) is 12.5. The summed E-state index contributed by atoms with van der Waals surface area (Å²) in [5.74, 6) is 0.819. The summed E-state index contributed by atoms with van der Waals surface area (Å²) in [5.41, 5.74) is 5.14. The molecule has 0 unspecified atom stereocenters. The van der Waals surface area contributed by atoms with E-state index in [1.165, 1.54) is 11.1 Å². The summed E-state index contributed by atoms with van der Waals surface area (Å²) in [5, 5.41) is 2.99. The molecule has 1 atom stereocenters. The molecule has 24 heavy (non-hydrogen) atoms. The lowest BCUT2D eigenvalue weighted by Gasteiger charge is -2.18. The van der Waals surface area contributed by atoms with Gasteiger partial charge in [-0.1, -0.05) is 29.8 Å². The number of nitrogens with one attached hydrogen (secondary N) is 1. The molecule has 0 aliphatic carbocycles. The van der Waals surface area contributed by atoms with Crippen LogP contribution in [-0.4, -0.2) is 18.6 Å². The summed E-state index contributed by atoms with van der Waals surface area (Å²) in [6.45, 7) is 10.5. The lowest BCUT2D eigenvalue weighted by atomic mass is 9.99. The van der Waals surface area contributed by atoms with Crippen molar-refractivity contribution in [2.24, 2.45) is 0 Å². The molecule has 1 amide bonds. The smallest absolute Gasteiger partial charge is 0.251 e. The van der Waals surface area contributed by atoms with Crippen LogP contribution in [0.5, 0.6) is 5.75 Å². The van der Waals surface area contributed by atoms with Crippen molar-refractivity contribution in [2.75, 3.05) is 6.54 Å². The average Bonchev–Trinajstić information content (AvgIpc) is 2.49. The summed E-state index contributed by atoms with van der Waals surface area (Å²) in [6, 6.07) is 10.1. The fourth-order valence-corrected chi connectivity index (χ4v) is 3.32. The van der Waals surface area contributed by atoms with Crippen molar-refractivity contribution in [1.29, 1.82) is 0 Å². The van der Waals surface area contributed by atoms with E-state index in [9.17, 15) is 4.79 Å². The van der Waals surface area contributed by atoms with Crippen molar-refractivity contribution < 1.29 is 9.53 Å². The normalized spacial score (nSPS) is 11.9. The number of halogens is 1. The number of aryl methyl sites for hydroxylation is 4. The first kappa shape index (κ1) is 18.8. The van der Waals surface area contributed by atoms with Crippen LogP contribution in [0.25, 0.3) is 0 Å². The van der Waals surface area contributed by atoms with Crippen LogP contribution in [0.2, 0.25) is 0 Å². The molecule has 0 aromatic heterocycles. The largest absolute Gasteiger partial charge is 0.488 e. The van der Waals surface area contributed by atoms with E-state index in [1.54, 1.807) is 0 Å². The minimum atomic E-state index is -0.102. The Morgan fingerprint density at radius 3 is 2.38 bits per heavy atom. The van der Waals surface area contributed by atoms with Gasteiger partial charge in [0, 0.05) is 5.56 Å². The fourth-order valence-electron chi connectivity index (χ4n) is 2.83. The zero-order valence-corrected chi connectivity index (χ0v) is 17.0. The first-order valence-electron chi connectivity index (χ1n) is 8.07. The summed E-state index contributed by atoms with van der Waals surface area (Å²) in [6.07, 6.45) is -0.102. The lowest BCUT2D eigenvalue weighted by Crippen LogP contribution is -2.34. The Morgan fingerprint density at radius 2 is 1.75 bits per heavy atom. The number of benzene rings is 2. The van der Waals surface area contributed by atoms with Crippen LogP contribution in [0.4, 0.5) is 0 Å². The molecule has 1 N–H and O–H groups in total. The standard InChI is InChI=1S/C20H24INO2/c1-12-9-14(3)18(15(4)10-12)20(23)22-11-16(5)24-17-8-6-7-13(2)19(17)21/h6-10,16H,11H2,1-5H3,(H,22,23)/t16-/m0/s1. The predicted molar refractivity (Wildman–Crippen MR) is 107 cm³/mol. The SMILES string of the molecule is Cc1cc(C)c(C(=O)NC[C@H](C)Oc2cccc(C)c2I)c(C)c1. The van der Waals surface area contributed by atoms with Crippen molar-refractivity contribution >= 4 is 28.5 Å². The highest BCUT2D eigenvalue weighted by Gasteiger charge is 2.15. The van der Waals surface area contributed by atoms with Gasteiger partial charge < -0.3 is 10.1 Å². The van der Waals surface area contributed by atoms with E-state index in [1.807, 2.05) is 52.0 Å². The van der Waals surface area contributed by atoms with Crippen molar-refractivity contribution in [1.82, 2.24) is 5.32 Å². The molecule has 2 aromatic rings. The molecule has 0 fully saturated rings. The number of hydrogen-bond donors (Lipinski definition) is 1. The topological polar surface area (TPSA) is 38.3 Å². The predicted octanol–water partition coefficient (Wildman–Crippen LogP) is 4.72. The van der Waals surface area contributed by atoms with Crippen LogP contribution in [0.1, 0.15) is 39.5 Å². The zero-order chi connectivity index (χ0) is 17.9. The van der Waals surface area contributed by atoms with Crippen molar-refractivity contribution in [3.05, 3.63) is 61.7 Å². The van der Waals surface area contributed by atoms with Crippen molar-refractivity contribution in [3.8, 4) is 5.75 Å². The van der Waals surface area contributed by atoms with Crippen LogP contribution in [0.3, 0.4) is 0 Å². The van der Waals surface area contributed by atoms with Gasteiger partial charge in [0.1, 0.15) is 11.9 Å². The highest BCUT2D eigenvalue weighted by Crippen LogP contribution is 2.24. The van der Waals surface area contributed by atoms with Gasteiger partial charge in [-0.3, -0.25) is 4.79 Å². The van der Waals surface area contributed by atoms with Gasteiger partial charge in [-0.25, -0.2) is 0 Å². The fraction of sp³-hybridized carbons (Fsp3) is 0.350. The van der Waals surface area contributed by atoms with Gasteiger partial charge in [0.25, 0.3) is 5.91 Å². The number of hydrogen-bond acceptors (Lipinski definition) is 2. The second-order valence-corrected chi connectivity index (χ2v) is 7.38. The molecule has 0 aliphatic rings. The van der Waals surface area contributed by atoms with Crippen LogP contribution in [0.15, 0.2) is 30.3 Å². The molecule has 128 valence electrons. The molecule has 0 aliphatic heterocycles. The molecular weight excluding hydrogens is 413 g/mol. The van der Waals surface area contributed by atoms with E-state index < -0.39 is 0 Å². The highest BCUT2D eigenvalue weighted by molar-refractivity contribution is 14.1. The van der Waals surface area contributed by atoms with Crippen LogP contribution in [-0.2, 0) is 0 Å². The Bertz CT molecular complexity index is 732. The van der Waals surface area contributed by atoms with E-state index in [-0.39, 0.29) is 12.0 Å². The van der Waals surface area contributed by atoms with Gasteiger partial charge in [-0.2, -0.15) is 0 Å². The number of rotatable bonds is 5. The average molecular weight is 437 g/mol. The van der Waals surface area contributed by atoms with E-state index in [2.05, 4.69) is 40.9 Å². The van der Waals surface area contributed by atoms with Gasteiger partial charge in [-0.05, 0) is 80.0 Å². The third-order valence-electron chi connectivity index (χ3n) is 3.94. The summed E-state index contributed by atoms with van der Waals surface area (Å²) in [7, 11) is 0. The Hall–Kier alpha value is -1.56. The monoisotopic (exact) mass is 437 g/mol. The maximum atomic E-state index is 12.5.